The van der Waals surface area contributed by atoms with Crippen molar-refractivity contribution in [1.29, 1.82) is 0 Å². The lowest BCUT2D eigenvalue weighted by molar-refractivity contribution is -0.115. The zero-order valence-electron chi connectivity index (χ0n) is 11.9. The predicted octanol–water partition coefficient (Wildman–Crippen LogP) is 4.59. The number of hydroxylamine groups is 1. The van der Waals surface area contributed by atoms with Gasteiger partial charge in [-0.3, -0.25) is 0 Å². The Kier molecular flexibility index (Phi) is 4.44. The van der Waals surface area contributed by atoms with Crippen molar-refractivity contribution < 1.29 is 9.57 Å². The van der Waals surface area contributed by atoms with E-state index in [1.807, 2.05) is 66.6 Å². The molecule has 110 valence electrons. The SMILES string of the molecule is CCO[C@@H]1C[C@H](c2ccc(Cl)cc2)N(c2ccccc2)O1. The fourth-order valence-corrected chi connectivity index (χ4v) is 2.70. The number of ether oxygens (including phenoxy) is 1. The number of halogens is 1. The molecular weight excluding hydrogens is 286 g/mol. The van der Waals surface area contributed by atoms with Gasteiger partial charge in [0.05, 0.1) is 11.7 Å². The van der Waals surface area contributed by atoms with E-state index in [1.165, 1.54) is 5.56 Å². The van der Waals surface area contributed by atoms with Crippen molar-refractivity contribution >= 4 is 17.3 Å². The first-order chi connectivity index (χ1) is 10.3. The van der Waals surface area contributed by atoms with Gasteiger partial charge >= 0.3 is 0 Å². The van der Waals surface area contributed by atoms with Crippen LogP contribution in [0.4, 0.5) is 5.69 Å². The minimum absolute atomic E-state index is 0.126. The molecule has 2 aromatic rings. The fourth-order valence-electron chi connectivity index (χ4n) is 2.58. The number of hydrogen-bond acceptors (Lipinski definition) is 3. The van der Waals surface area contributed by atoms with Gasteiger partial charge in [-0.25, -0.2) is 9.90 Å². The average Bonchev–Trinajstić information content (AvgIpc) is 2.93. The number of rotatable bonds is 4. The van der Waals surface area contributed by atoms with E-state index in [1.54, 1.807) is 0 Å². The third-order valence-electron chi connectivity index (χ3n) is 3.55. The summed E-state index contributed by atoms with van der Waals surface area (Å²) in [6, 6.07) is 18.1. The topological polar surface area (TPSA) is 21.7 Å². The standard InChI is InChI=1S/C17H18ClNO2/c1-2-20-17-12-16(13-8-10-14(18)11-9-13)19(21-17)15-6-4-3-5-7-15/h3-11,16-17H,2,12H2,1H3/t16-,17+/m1/s1. The summed E-state index contributed by atoms with van der Waals surface area (Å²) in [5.41, 5.74) is 2.20. The summed E-state index contributed by atoms with van der Waals surface area (Å²) in [5.74, 6) is 0. The van der Waals surface area contributed by atoms with Crippen molar-refractivity contribution in [3.63, 3.8) is 0 Å². The fraction of sp³-hybridized carbons (Fsp3) is 0.294. The van der Waals surface area contributed by atoms with Gasteiger partial charge in [0.25, 0.3) is 0 Å². The van der Waals surface area contributed by atoms with Crippen LogP contribution in [-0.4, -0.2) is 12.9 Å². The van der Waals surface area contributed by atoms with E-state index < -0.39 is 0 Å². The van der Waals surface area contributed by atoms with Crippen LogP contribution in [0.1, 0.15) is 24.9 Å². The Balaban J connectivity index is 1.89. The molecular formula is C17H18ClNO2. The van der Waals surface area contributed by atoms with Crippen LogP contribution in [0.5, 0.6) is 0 Å². The second-order valence-corrected chi connectivity index (χ2v) is 5.39. The number of nitrogens with zero attached hydrogens (tertiary/aromatic N) is 1. The van der Waals surface area contributed by atoms with Crippen LogP contribution in [-0.2, 0) is 9.57 Å². The third kappa shape index (κ3) is 3.21. The zero-order valence-corrected chi connectivity index (χ0v) is 12.7. The third-order valence-corrected chi connectivity index (χ3v) is 3.80. The highest BCUT2D eigenvalue weighted by Crippen LogP contribution is 2.38. The summed E-state index contributed by atoms with van der Waals surface area (Å²) in [5, 5.41) is 2.68. The average molecular weight is 304 g/mol. The summed E-state index contributed by atoms with van der Waals surface area (Å²) in [4.78, 5) is 5.96. The number of benzene rings is 2. The second-order valence-electron chi connectivity index (χ2n) is 4.95. The van der Waals surface area contributed by atoms with E-state index in [0.29, 0.717) is 6.61 Å². The Morgan fingerprint density at radius 3 is 2.52 bits per heavy atom. The monoisotopic (exact) mass is 303 g/mol. The first-order valence-electron chi connectivity index (χ1n) is 7.16. The van der Waals surface area contributed by atoms with Crippen LogP contribution < -0.4 is 5.06 Å². The zero-order chi connectivity index (χ0) is 14.7. The molecule has 2 atom stereocenters. The van der Waals surface area contributed by atoms with Crippen molar-refractivity contribution in [2.24, 2.45) is 0 Å². The minimum atomic E-state index is -0.212. The second kappa shape index (κ2) is 6.48. The molecule has 3 nitrogen and oxygen atoms in total. The van der Waals surface area contributed by atoms with Gasteiger partial charge in [-0.05, 0) is 36.8 Å². The van der Waals surface area contributed by atoms with Crippen molar-refractivity contribution in [2.45, 2.75) is 25.7 Å². The molecule has 0 aliphatic carbocycles. The van der Waals surface area contributed by atoms with E-state index in [0.717, 1.165) is 17.1 Å². The molecule has 0 aromatic heterocycles. The van der Waals surface area contributed by atoms with Crippen molar-refractivity contribution in [1.82, 2.24) is 0 Å². The molecule has 0 radical (unpaired) electrons. The maximum absolute atomic E-state index is 5.98. The van der Waals surface area contributed by atoms with Crippen LogP contribution in [0, 0.1) is 0 Å². The lowest BCUT2D eigenvalue weighted by Gasteiger charge is -2.24. The molecule has 0 saturated carbocycles. The molecule has 1 heterocycles. The summed E-state index contributed by atoms with van der Waals surface area (Å²) >= 11 is 5.98. The molecule has 21 heavy (non-hydrogen) atoms. The lowest BCUT2D eigenvalue weighted by Crippen LogP contribution is -2.22. The van der Waals surface area contributed by atoms with E-state index in [9.17, 15) is 0 Å². The van der Waals surface area contributed by atoms with Gasteiger partial charge in [-0.15, -0.1) is 0 Å². The number of anilines is 1. The largest absolute Gasteiger partial charge is 0.350 e. The molecule has 3 rings (SSSR count). The molecule has 0 unspecified atom stereocenters. The molecule has 1 aliphatic rings. The van der Waals surface area contributed by atoms with Crippen LogP contribution in [0.2, 0.25) is 5.02 Å². The Morgan fingerprint density at radius 2 is 1.86 bits per heavy atom. The maximum atomic E-state index is 5.98. The van der Waals surface area contributed by atoms with E-state index >= 15 is 0 Å². The number of hydrogen-bond donors (Lipinski definition) is 0. The highest BCUT2D eigenvalue weighted by molar-refractivity contribution is 6.30. The molecule has 0 N–H and O–H groups in total. The molecule has 1 aliphatic heterocycles. The van der Waals surface area contributed by atoms with Crippen LogP contribution in [0.25, 0.3) is 0 Å². The van der Waals surface area contributed by atoms with Gasteiger partial charge in [0.1, 0.15) is 0 Å². The maximum Gasteiger partial charge on any atom is 0.186 e. The molecule has 2 aromatic carbocycles. The summed E-state index contributed by atoms with van der Waals surface area (Å²) in [6.07, 6.45) is 0.584. The Bertz CT molecular complexity index is 573. The Morgan fingerprint density at radius 1 is 1.14 bits per heavy atom. The highest BCUT2D eigenvalue weighted by atomic mass is 35.5. The molecule has 1 saturated heterocycles. The Hall–Kier alpha value is -1.55. The van der Waals surface area contributed by atoms with Crippen LogP contribution in [0.3, 0.4) is 0 Å². The van der Waals surface area contributed by atoms with Crippen LogP contribution in [0.15, 0.2) is 54.6 Å². The quantitative estimate of drug-likeness (QED) is 0.825. The number of para-hydroxylation sites is 1. The molecule has 0 spiro atoms. The van der Waals surface area contributed by atoms with Gasteiger partial charge in [0.15, 0.2) is 6.29 Å². The highest BCUT2D eigenvalue weighted by Gasteiger charge is 2.35. The van der Waals surface area contributed by atoms with Gasteiger partial charge in [0, 0.05) is 18.1 Å². The lowest BCUT2D eigenvalue weighted by atomic mass is 10.0. The van der Waals surface area contributed by atoms with Gasteiger partial charge in [-0.2, -0.15) is 0 Å². The van der Waals surface area contributed by atoms with Gasteiger partial charge < -0.3 is 4.74 Å². The predicted molar refractivity (Wildman–Crippen MR) is 84.2 cm³/mol. The first kappa shape index (κ1) is 14.4. The van der Waals surface area contributed by atoms with E-state index in [4.69, 9.17) is 21.2 Å². The van der Waals surface area contributed by atoms with Crippen molar-refractivity contribution in [3.05, 3.63) is 65.2 Å². The van der Waals surface area contributed by atoms with E-state index in [-0.39, 0.29) is 12.3 Å². The summed E-state index contributed by atoms with van der Waals surface area (Å²) in [7, 11) is 0. The molecule has 0 amide bonds. The summed E-state index contributed by atoms with van der Waals surface area (Å²) < 4.78 is 5.64. The van der Waals surface area contributed by atoms with E-state index in [2.05, 4.69) is 0 Å². The van der Waals surface area contributed by atoms with Crippen molar-refractivity contribution in [2.75, 3.05) is 11.7 Å². The van der Waals surface area contributed by atoms with Gasteiger partial charge in [0.2, 0.25) is 0 Å². The van der Waals surface area contributed by atoms with Crippen LogP contribution >= 0.6 is 11.6 Å². The molecule has 4 heteroatoms. The summed E-state index contributed by atoms with van der Waals surface area (Å²) in [6.45, 7) is 2.62. The smallest absolute Gasteiger partial charge is 0.186 e. The minimum Gasteiger partial charge on any atom is -0.350 e. The van der Waals surface area contributed by atoms with Crippen molar-refractivity contribution in [3.8, 4) is 0 Å². The molecule has 1 fully saturated rings. The van der Waals surface area contributed by atoms with Gasteiger partial charge in [-0.1, -0.05) is 41.9 Å². The first-order valence-corrected chi connectivity index (χ1v) is 7.54. The Labute approximate surface area is 130 Å². The molecule has 0 bridgehead atoms. The normalized spacial score (nSPS) is 21.7.